The molecule has 2 rings (SSSR count). The van der Waals surface area contributed by atoms with Gasteiger partial charge in [-0.15, -0.1) is 0 Å². The first kappa shape index (κ1) is 14.4. The molecule has 1 fully saturated rings. The number of halogens is 1. The van der Waals surface area contributed by atoms with Gasteiger partial charge in [-0.05, 0) is 53.9 Å². The number of carbonyl (C=O) groups is 1. The Morgan fingerprint density at radius 3 is 2.63 bits per heavy atom. The molecular formula is C15H21BrN2O. The van der Waals surface area contributed by atoms with Gasteiger partial charge in [0, 0.05) is 28.3 Å². The molecule has 0 bridgehead atoms. The summed E-state index contributed by atoms with van der Waals surface area (Å²) in [5.41, 5.74) is 7.15. The number of carbonyl (C=O) groups excluding carboxylic acids is 1. The van der Waals surface area contributed by atoms with E-state index in [-0.39, 0.29) is 5.91 Å². The van der Waals surface area contributed by atoms with Crippen LogP contribution in [0.4, 0.5) is 5.69 Å². The predicted molar refractivity (Wildman–Crippen MR) is 82.1 cm³/mol. The molecule has 4 heteroatoms. The highest BCUT2D eigenvalue weighted by molar-refractivity contribution is 9.10. The van der Waals surface area contributed by atoms with Gasteiger partial charge in [-0.1, -0.05) is 19.3 Å². The summed E-state index contributed by atoms with van der Waals surface area (Å²) in [6, 6.07) is 5.82. The summed E-state index contributed by atoms with van der Waals surface area (Å²) < 4.78 is 0.790. The van der Waals surface area contributed by atoms with Crippen LogP contribution in [0.5, 0.6) is 0 Å². The van der Waals surface area contributed by atoms with Crippen molar-refractivity contribution in [1.29, 1.82) is 0 Å². The number of amides is 1. The summed E-state index contributed by atoms with van der Waals surface area (Å²) >= 11 is 3.39. The molecule has 3 nitrogen and oxygen atoms in total. The lowest BCUT2D eigenvalue weighted by Crippen LogP contribution is -2.41. The van der Waals surface area contributed by atoms with Gasteiger partial charge in [-0.3, -0.25) is 4.79 Å². The van der Waals surface area contributed by atoms with Crippen molar-refractivity contribution < 1.29 is 4.79 Å². The lowest BCUT2D eigenvalue weighted by atomic mass is 9.93. The molecule has 1 aromatic rings. The Labute approximate surface area is 123 Å². The zero-order chi connectivity index (χ0) is 13.8. The van der Waals surface area contributed by atoms with Crippen molar-refractivity contribution in [3.05, 3.63) is 28.2 Å². The molecule has 0 atom stereocenters. The van der Waals surface area contributed by atoms with Crippen LogP contribution in [0.1, 0.15) is 49.4 Å². The zero-order valence-electron chi connectivity index (χ0n) is 11.4. The lowest BCUT2D eigenvalue weighted by molar-refractivity contribution is 0.0648. The Morgan fingerprint density at radius 1 is 1.37 bits per heavy atom. The van der Waals surface area contributed by atoms with Gasteiger partial charge < -0.3 is 10.6 Å². The summed E-state index contributed by atoms with van der Waals surface area (Å²) in [7, 11) is 0. The number of anilines is 1. The molecule has 0 heterocycles. The third-order valence-corrected chi connectivity index (χ3v) is 4.55. The van der Waals surface area contributed by atoms with E-state index >= 15 is 0 Å². The normalized spacial score (nSPS) is 16.3. The van der Waals surface area contributed by atoms with Crippen LogP contribution in [0.3, 0.4) is 0 Å². The number of nitrogen functional groups attached to an aromatic ring is 1. The van der Waals surface area contributed by atoms with Gasteiger partial charge in [-0.2, -0.15) is 0 Å². The Hall–Kier alpha value is -1.03. The molecule has 0 saturated heterocycles. The third-order valence-electron chi connectivity index (χ3n) is 3.86. The summed E-state index contributed by atoms with van der Waals surface area (Å²) in [5.74, 6) is 0.120. The van der Waals surface area contributed by atoms with Crippen molar-refractivity contribution in [2.75, 3.05) is 12.3 Å². The lowest BCUT2D eigenvalue weighted by Gasteiger charge is -2.33. The first-order chi connectivity index (χ1) is 9.13. The van der Waals surface area contributed by atoms with Crippen molar-refractivity contribution >= 4 is 27.5 Å². The summed E-state index contributed by atoms with van der Waals surface area (Å²) in [4.78, 5) is 14.6. The minimum Gasteiger partial charge on any atom is -0.398 e. The van der Waals surface area contributed by atoms with E-state index < -0.39 is 0 Å². The smallest absolute Gasteiger partial charge is 0.254 e. The Kier molecular flexibility index (Phi) is 4.86. The Balaban J connectivity index is 2.17. The van der Waals surface area contributed by atoms with E-state index in [2.05, 4.69) is 22.9 Å². The molecular weight excluding hydrogens is 304 g/mol. The first-order valence-corrected chi connectivity index (χ1v) is 7.78. The van der Waals surface area contributed by atoms with E-state index in [1.807, 2.05) is 17.0 Å². The molecule has 0 radical (unpaired) electrons. The second kappa shape index (κ2) is 6.42. The molecule has 104 valence electrons. The second-order valence-electron chi connectivity index (χ2n) is 5.12. The summed E-state index contributed by atoms with van der Waals surface area (Å²) in [6.07, 6.45) is 6.04. The summed E-state index contributed by atoms with van der Waals surface area (Å²) in [5, 5.41) is 0. The van der Waals surface area contributed by atoms with Gasteiger partial charge in [0.05, 0.1) is 0 Å². The monoisotopic (exact) mass is 324 g/mol. The molecule has 0 unspecified atom stereocenters. The standard InChI is InChI=1S/C15H21BrN2O/c1-2-18(12-6-4-3-5-7-12)15(19)11-8-9-14(17)13(16)10-11/h8-10,12H,2-7,17H2,1H3. The van der Waals surface area contributed by atoms with Gasteiger partial charge in [0.1, 0.15) is 0 Å². The van der Waals surface area contributed by atoms with Crippen molar-refractivity contribution in [3.63, 3.8) is 0 Å². The van der Waals surface area contributed by atoms with Crippen LogP contribution in [0.15, 0.2) is 22.7 Å². The van der Waals surface area contributed by atoms with Gasteiger partial charge in [0.15, 0.2) is 0 Å². The topological polar surface area (TPSA) is 46.3 Å². The van der Waals surface area contributed by atoms with Gasteiger partial charge in [0.25, 0.3) is 5.91 Å². The van der Waals surface area contributed by atoms with E-state index in [0.717, 1.165) is 23.9 Å². The molecule has 1 aliphatic carbocycles. The van der Waals surface area contributed by atoms with Gasteiger partial charge >= 0.3 is 0 Å². The maximum atomic E-state index is 12.6. The fourth-order valence-corrected chi connectivity index (χ4v) is 3.17. The molecule has 19 heavy (non-hydrogen) atoms. The molecule has 1 aliphatic rings. The van der Waals surface area contributed by atoms with Crippen molar-refractivity contribution in [2.24, 2.45) is 0 Å². The largest absolute Gasteiger partial charge is 0.398 e. The van der Waals surface area contributed by atoms with E-state index in [4.69, 9.17) is 5.73 Å². The minimum absolute atomic E-state index is 0.120. The van der Waals surface area contributed by atoms with Crippen LogP contribution in [-0.2, 0) is 0 Å². The van der Waals surface area contributed by atoms with Crippen molar-refractivity contribution in [1.82, 2.24) is 4.90 Å². The van der Waals surface area contributed by atoms with Gasteiger partial charge in [0.2, 0.25) is 0 Å². The summed E-state index contributed by atoms with van der Waals surface area (Å²) in [6.45, 7) is 2.82. The predicted octanol–water partition coefficient (Wildman–Crippen LogP) is 3.83. The number of rotatable bonds is 3. The maximum Gasteiger partial charge on any atom is 0.254 e. The van der Waals surface area contributed by atoms with Crippen molar-refractivity contribution in [2.45, 2.75) is 45.1 Å². The highest BCUT2D eigenvalue weighted by Crippen LogP contribution is 2.26. The quantitative estimate of drug-likeness (QED) is 0.859. The molecule has 0 aromatic heterocycles. The number of hydrogen-bond donors (Lipinski definition) is 1. The molecule has 1 amide bonds. The number of hydrogen-bond acceptors (Lipinski definition) is 2. The van der Waals surface area contributed by atoms with Crippen molar-refractivity contribution in [3.8, 4) is 0 Å². The fraction of sp³-hybridized carbons (Fsp3) is 0.533. The molecule has 2 N–H and O–H groups in total. The Bertz CT molecular complexity index is 455. The van der Waals surface area contributed by atoms with Crippen LogP contribution in [0.25, 0.3) is 0 Å². The first-order valence-electron chi connectivity index (χ1n) is 6.99. The highest BCUT2D eigenvalue weighted by atomic mass is 79.9. The highest BCUT2D eigenvalue weighted by Gasteiger charge is 2.25. The maximum absolute atomic E-state index is 12.6. The third kappa shape index (κ3) is 3.30. The van der Waals surface area contributed by atoms with E-state index in [9.17, 15) is 4.79 Å². The van der Waals surface area contributed by atoms with Crippen LogP contribution in [-0.4, -0.2) is 23.4 Å². The average molecular weight is 325 g/mol. The average Bonchev–Trinajstić information content (AvgIpc) is 2.44. The molecule has 1 saturated carbocycles. The molecule has 0 aliphatic heterocycles. The number of nitrogens with zero attached hydrogens (tertiary/aromatic N) is 1. The Morgan fingerprint density at radius 2 is 2.05 bits per heavy atom. The SMILES string of the molecule is CCN(C(=O)c1ccc(N)c(Br)c1)C1CCCCC1. The van der Waals surface area contributed by atoms with E-state index in [0.29, 0.717) is 17.3 Å². The second-order valence-corrected chi connectivity index (χ2v) is 5.97. The van der Waals surface area contributed by atoms with Crippen LogP contribution in [0.2, 0.25) is 0 Å². The minimum atomic E-state index is 0.120. The zero-order valence-corrected chi connectivity index (χ0v) is 12.9. The number of benzene rings is 1. The van der Waals surface area contributed by atoms with Crippen LogP contribution in [0, 0.1) is 0 Å². The molecule has 0 spiro atoms. The van der Waals surface area contributed by atoms with E-state index in [1.165, 1.54) is 19.3 Å². The van der Waals surface area contributed by atoms with E-state index in [1.54, 1.807) is 6.07 Å². The molecule has 1 aromatic carbocycles. The fourth-order valence-electron chi connectivity index (χ4n) is 2.79. The van der Waals surface area contributed by atoms with Crippen LogP contribution < -0.4 is 5.73 Å². The number of nitrogens with two attached hydrogens (primary N) is 1. The van der Waals surface area contributed by atoms with Crippen LogP contribution >= 0.6 is 15.9 Å². The van der Waals surface area contributed by atoms with Gasteiger partial charge in [-0.25, -0.2) is 0 Å².